The van der Waals surface area contributed by atoms with Crippen molar-refractivity contribution in [3.8, 4) is 0 Å². The minimum absolute atomic E-state index is 0.279. The Morgan fingerprint density at radius 1 is 1.27 bits per heavy atom. The first-order valence-electron chi connectivity index (χ1n) is 4.12. The maximum Gasteiger partial charge on any atom is 0.0814 e. The Kier molecular flexibility index (Phi) is 3.30. The van der Waals surface area contributed by atoms with Crippen molar-refractivity contribution in [2.24, 2.45) is 0 Å². The minimum Gasteiger partial charge on any atom is -0.390 e. The number of hydrogen-bond acceptors (Lipinski definition) is 3. The first kappa shape index (κ1) is 8.97. The van der Waals surface area contributed by atoms with E-state index in [-0.39, 0.29) is 6.04 Å². The van der Waals surface area contributed by atoms with Crippen LogP contribution in [0.15, 0.2) is 0 Å². The molecule has 0 amide bonds. The van der Waals surface area contributed by atoms with Gasteiger partial charge in [0, 0.05) is 6.04 Å². The van der Waals surface area contributed by atoms with Crippen molar-refractivity contribution in [1.29, 1.82) is 0 Å². The molecule has 0 aromatic rings. The average Bonchev–Trinajstić information content (AvgIpc) is 2.28. The maximum atomic E-state index is 9.16. The number of nitrogens with one attached hydrogen (secondary N) is 1. The molecular formula is C8H16NO2. The predicted octanol–water partition coefficient (Wildman–Crippen LogP) is -0.316. The first-order chi connectivity index (χ1) is 5.24. The van der Waals surface area contributed by atoms with Gasteiger partial charge in [-0.15, -0.1) is 0 Å². The lowest BCUT2D eigenvalue weighted by Gasteiger charge is -2.09. The highest BCUT2D eigenvalue weighted by Gasteiger charge is 2.30. The van der Waals surface area contributed by atoms with Crippen LogP contribution >= 0.6 is 0 Å². The van der Waals surface area contributed by atoms with E-state index in [0.29, 0.717) is 12.8 Å². The van der Waals surface area contributed by atoms with Crippen molar-refractivity contribution in [3.05, 3.63) is 6.92 Å². The molecule has 0 aliphatic heterocycles. The van der Waals surface area contributed by atoms with E-state index in [2.05, 4.69) is 12.2 Å². The van der Waals surface area contributed by atoms with Crippen LogP contribution < -0.4 is 5.32 Å². The molecule has 1 aliphatic carbocycles. The van der Waals surface area contributed by atoms with Gasteiger partial charge >= 0.3 is 0 Å². The van der Waals surface area contributed by atoms with Crippen LogP contribution in [0.1, 0.15) is 19.3 Å². The summed E-state index contributed by atoms with van der Waals surface area (Å²) in [7, 11) is 0. The van der Waals surface area contributed by atoms with Gasteiger partial charge in [0.1, 0.15) is 0 Å². The molecule has 0 aromatic heterocycles. The molecule has 1 unspecified atom stereocenters. The van der Waals surface area contributed by atoms with Gasteiger partial charge in [-0.3, -0.25) is 0 Å². The third kappa shape index (κ3) is 2.43. The monoisotopic (exact) mass is 158 g/mol. The average molecular weight is 158 g/mol. The maximum absolute atomic E-state index is 9.16. The largest absolute Gasteiger partial charge is 0.390 e. The molecule has 3 atom stereocenters. The van der Waals surface area contributed by atoms with E-state index < -0.39 is 12.2 Å². The summed E-state index contributed by atoms with van der Waals surface area (Å²) in [6, 6.07) is 0.279. The van der Waals surface area contributed by atoms with E-state index in [1.807, 2.05) is 0 Å². The Hall–Kier alpha value is -0.120. The summed E-state index contributed by atoms with van der Waals surface area (Å²) in [5.41, 5.74) is 0. The molecule has 65 valence electrons. The van der Waals surface area contributed by atoms with Crippen molar-refractivity contribution >= 4 is 0 Å². The van der Waals surface area contributed by atoms with Gasteiger partial charge in [0.15, 0.2) is 0 Å². The molecule has 1 radical (unpaired) electrons. The number of hydrogen-bond donors (Lipinski definition) is 3. The molecule has 1 saturated carbocycles. The van der Waals surface area contributed by atoms with Crippen LogP contribution in [0, 0.1) is 6.92 Å². The number of aliphatic hydroxyl groups is 2. The molecular weight excluding hydrogens is 142 g/mol. The minimum atomic E-state index is -0.530. The number of rotatable bonds is 3. The Labute approximate surface area is 67.4 Å². The smallest absolute Gasteiger partial charge is 0.0814 e. The molecule has 0 bridgehead atoms. The zero-order chi connectivity index (χ0) is 8.27. The topological polar surface area (TPSA) is 52.5 Å². The Bertz CT molecular complexity index is 109. The zero-order valence-electron chi connectivity index (χ0n) is 6.66. The molecule has 11 heavy (non-hydrogen) atoms. The van der Waals surface area contributed by atoms with Gasteiger partial charge in [-0.25, -0.2) is 0 Å². The second kappa shape index (κ2) is 4.04. The van der Waals surface area contributed by atoms with Gasteiger partial charge in [-0.1, -0.05) is 6.92 Å². The summed E-state index contributed by atoms with van der Waals surface area (Å²) >= 11 is 0. The molecule has 1 aliphatic rings. The van der Waals surface area contributed by atoms with Crippen LogP contribution in [-0.2, 0) is 0 Å². The van der Waals surface area contributed by atoms with Gasteiger partial charge < -0.3 is 15.5 Å². The quantitative estimate of drug-likeness (QED) is 0.528. The van der Waals surface area contributed by atoms with E-state index in [4.69, 9.17) is 10.2 Å². The highest BCUT2D eigenvalue weighted by Crippen LogP contribution is 2.19. The van der Waals surface area contributed by atoms with E-state index in [1.165, 1.54) is 0 Å². The third-order valence-corrected chi connectivity index (χ3v) is 2.11. The van der Waals surface area contributed by atoms with Crippen molar-refractivity contribution in [2.75, 3.05) is 6.54 Å². The van der Waals surface area contributed by atoms with Gasteiger partial charge in [0.2, 0.25) is 0 Å². The summed E-state index contributed by atoms with van der Waals surface area (Å²) in [6.07, 6.45) is 1.13. The molecule has 1 rings (SSSR count). The fourth-order valence-electron chi connectivity index (χ4n) is 1.47. The summed E-state index contributed by atoms with van der Waals surface area (Å²) in [5, 5.41) is 21.5. The zero-order valence-corrected chi connectivity index (χ0v) is 6.66. The van der Waals surface area contributed by atoms with Crippen LogP contribution in [0.25, 0.3) is 0 Å². The van der Waals surface area contributed by atoms with E-state index in [9.17, 15) is 0 Å². The van der Waals surface area contributed by atoms with E-state index in [1.54, 1.807) is 0 Å². The highest BCUT2D eigenvalue weighted by molar-refractivity contribution is 4.86. The molecule has 3 heteroatoms. The van der Waals surface area contributed by atoms with Crippen LogP contribution in [0.4, 0.5) is 0 Å². The van der Waals surface area contributed by atoms with Crippen molar-refractivity contribution < 1.29 is 10.2 Å². The number of aliphatic hydroxyl groups excluding tert-OH is 2. The fraction of sp³-hybridized carbons (Fsp3) is 0.875. The van der Waals surface area contributed by atoms with E-state index >= 15 is 0 Å². The molecule has 1 fully saturated rings. The third-order valence-electron chi connectivity index (χ3n) is 2.11. The second-order valence-corrected chi connectivity index (χ2v) is 3.11. The SMILES string of the molecule is [CH2]CCNC1C[C@@H](O)[C@@H](O)C1. The second-order valence-electron chi connectivity index (χ2n) is 3.11. The normalized spacial score (nSPS) is 37.9. The van der Waals surface area contributed by atoms with Gasteiger partial charge in [-0.2, -0.15) is 0 Å². The summed E-state index contributed by atoms with van der Waals surface area (Å²) in [4.78, 5) is 0. The Morgan fingerprint density at radius 2 is 1.82 bits per heavy atom. The molecule has 0 aromatic carbocycles. The van der Waals surface area contributed by atoms with Crippen LogP contribution in [0.2, 0.25) is 0 Å². The lowest BCUT2D eigenvalue weighted by atomic mass is 10.2. The van der Waals surface area contributed by atoms with Crippen LogP contribution in [-0.4, -0.2) is 35.0 Å². The van der Waals surface area contributed by atoms with Crippen LogP contribution in [0.3, 0.4) is 0 Å². The molecule has 3 nitrogen and oxygen atoms in total. The fourth-order valence-corrected chi connectivity index (χ4v) is 1.47. The summed E-state index contributed by atoms with van der Waals surface area (Å²) in [5.74, 6) is 0. The lowest BCUT2D eigenvalue weighted by Crippen LogP contribution is -2.27. The molecule has 0 spiro atoms. The van der Waals surface area contributed by atoms with Crippen molar-refractivity contribution in [1.82, 2.24) is 5.32 Å². The lowest BCUT2D eigenvalue weighted by molar-refractivity contribution is 0.0438. The highest BCUT2D eigenvalue weighted by atomic mass is 16.3. The standard InChI is InChI=1S/C8H16NO2/c1-2-3-9-6-4-7(10)8(11)5-6/h6-11H,1-5H2/t6?,7-,8+. The van der Waals surface area contributed by atoms with E-state index in [0.717, 1.165) is 13.0 Å². The van der Waals surface area contributed by atoms with Gasteiger partial charge in [-0.05, 0) is 25.8 Å². The predicted molar refractivity (Wildman–Crippen MR) is 43.0 cm³/mol. The Balaban J connectivity index is 2.18. The Morgan fingerprint density at radius 3 is 2.27 bits per heavy atom. The van der Waals surface area contributed by atoms with Crippen molar-refractivity contribution in [2.45, 2.75) is 37.5 Å². The van der Waals surface area contributed by atoms with Crippen molar-refractivity contribution in [3.63, 3.8) is 0 Å². The first-order valence-corrected chi connectivity index (χ1v) is 4.12. The van der Waals surface area contributed by atoms with Crippen LogP contribution in [0.5, 0.6) is 0 Å². The molecule has 3 N–H and O–H groups in total. The summed E-state index contributed by atoms with van der Waals surface area (Å²) in [6.45, 7) is 4.56. The molecule has 0 saturated heterocycles. The molecule has 0 heterocycles. The van der Waals surface area contributed by atoms with Gasteiger partial charge in [0.05, 0.1) is 12.2 Å². The van der Waals surface area contributed by atoms with Gasteiger partial charge in [0.25, 0.3) is 0 Å². The summed E-state index contributed by atoms with van der Waals surface area (Å²) < 4.78 is 0.